The molecule has 2 aromatic carbocycles. The lowest BCUT2D eigenvalue weighted by Crippen LogP contribution is -2.13. The third-order valence-electron chi connectivity index (χ3n) is 3.60. The standard InChI is InChI=1S/C17H13N3O4/c21-15-14(10-6-7-12-13(8-10)24-9-23-12)16(22)20-17(19-15)18-11-4-2-1-3-5-11/h1-8H,9H2,(H3,18,19,20,21,22). The summed E-state index contributed by atoms with van der Waals surface area (Å²) in [7, 11) is 0. The molecule has 1 aliphatic heterocycles. The maximum absolute atomic E-state index is 12.4. The Morgan fingerprint density at radius 3 is 2.67 bits per heavy atom. The van der Waals surface area contributed by atoms with Crippen molar-refractivity contribution in [3.8, 4) is 28.5 Å². The molecule has 0 radical (unpaired) electrons. The second kappa shape index (κ2) is 5.62. The van der Waals surface area contributed by atoms with Gasteiger partial charge in [0.25, 0.3) is 5.56 Å². The van der Waals surface area contributed by atoms with Crippen molar-refractivity contribution in [1.82, 2.24) is 9.97 Å². The summed E-state index contributed by atoms with van der Waals surface area (Å²) in [5.41, 5.74) is 0.861. The summed E-state index contributed by atoms with van der Waals surface area (Å²) >= 11 is 0. The van der Waals surface area contributed by atoms with Gasteiger partial charge < -0.3 is 19.9 Å². The van der Waals surface area contributed by atoms with Crippen LogP contribution in [0.15, 0.2) is 53.3 Å². The number of fused-ring (bicyclic) bond motifs is 1. The Morgan fingerprint density at radius 2 is 1.88 bits per heavy atom. The fourth-order valence-corrected chi connectivity index (χ4v) is 2.49. The predicted molar refractivity (Wildman–Crippen MR) is 87.8 cm³/mol. The molecule has 0 unspecified atom stereocenters. The second-order valence-corrected chi connectivity index (χ2v) is 5.17. The highest BCUT2D eigenvalue weighted by molar-refractivity contribution is 5.71. The Morgan fingerprint density at radius 1 is 1.08 bits per heavy atom. The van der Waals surface area contributed by atoms with Crippen LogP contribution in [0.5, 0.6) is 17.4 Å². The molecule has 0 amide bonds. The van der Waals surface area contributed by atoms with Crippen LogP contribution >= 0.6 is 0 Å². The zero-order valence-electron chi connectivity index (χ0n) is 12.4. The summed E-state index contributed by atoms with van der Waals surface area (Å²) < 4.78 is 10.5. The number of rotatable bonds is 3. The van der Waals surface area contributed by atoms with E-state index in [1.807, 2.05) is 30.3 Å². The van der Waals surface area contributed by atoms with Gasteiger partial charge in [0.2, 0.25) is 18.6 Å². The Balaban J connectivity index is 1.71. The largest absolute Gasteiger partial charge is 0.493 e. The number of H-pyrrole nitrogens is 1. The van der Waals surface area contributed by atoms with Crippen LogP contribution in [0.25, 0.3) is 11.1 Å². The first kappa shape index (κ1) is 14.1. The number of hydrogen-bond donors (Lipinski definition) is 3. The van der Waals surface area contributed by atoms with Gasteiger partial charge in [0.05, 0.1) is 0 Å². The number of aromatic nitrogens is 2. The number of ether oxygens (including phenoxy) is 2. The van der Waals surface area contributed by atoms with Crippen molar-refractivity contribution in [1.29, 1.82) is 0 Å². The zero-order valence-corrected chi connectivity index (χ0v) is 12.4. The number of benzene rings is 2. The van der Waals surface area contributed by atoms with Gasteiger partial charge in [-0.3, -0.25) is 9.78 Å². The maximum Gasteiger partial charge on any atom is 0.264 e. The third-order valence-corrected chi connectivity index (χ3v) is 3.60. The van der Waals surface area contributed by atoms with Crippen molar-refractivity contribution in [3.05, 3.63) is 58.9 Å². The highest BCUT2D eigenvalue weighted by Gasteiger charge is 2.18. The topological polar surface area (TPSA) is 96.5 Å². The van der Waals surface area contributed by atoms with Crippen LogP contribution in [0, 0.1) is 0 Å². The van der Waals surface area contributed by atoms with Crippen molar-refractivity contribution in [2.75, 3.05) is 12.1 Å². The molecule has 0 saturated carbocycles. The minimum absolute atomic E-state index is 0.0758. The van der Waals surface area contributed by atoms with Crippen molar-refractivity contribution in [2.24, 2.45) is 0 Å². The molecule has 120 valence electrons. The molecule has 2 heterocycles. The molecule has 1 aliphatic rings. The summed E-state index contributed by atoms with van der Waals surface area (Å²) in [6, 6.07) is 14.2. The smallest absolute Gasteiger partial charge is 0.264 e. The van der Waals surface area contributed by atoms with E-state index >= 15 is 0 Å². The van der Waals surface area contributed by atoms with Gasteiger partial charge in [-0.25, -0.2) is 0 Å². The molecular formula is C17H13N3O4. The van der Waals surface area contributed by atoms with Gasteiger partial charge in [0, 0.05) is 5.69 Å². The normalized spacial score (nSPS) is 12.2. The molecule has 0 aliphatic carbocycles. The minimum Gasteiger partial charge on any atom is -0.493 e. The highest BCUT2D eigenvalue weighted by atomic mass is 16.7. The summed E-state index contributed by atoms with van der Waals surface area (Å²) in [5.74, 6) is 0.923. The van der Waals surface area contributed by atoms with E-state index < -0.39 is 5.56 Å². The first-order valence-electron chi connectivity index (χ1n) is 7.26. The van der Waals surface area contributed by atoms with Crippen LogP contribution in [0.4, 0.5) is 11.6 Å². The van der Waals surface area contributed by atoms with Gasteiger partial charge in [0.1, 0.15) is 5.56 Å². The SMILES string of the molecule is O=c1[nH]c(Nc2ccccc2)nc(O)c1-c1ccc2c(c1)OCO2. The number of nitrogens with one attached hydrogen (secondary N) is 2. The molecule has 0 saturated heterocycles. The lowest BCUT2D eigenvalue weighted by Gasteiger charge is -2.08. The average molecular weight is 323 g/mol. The van der Waals surface area contributed by atoms with E-state index in [1.165, 1.54) is 0 Å². The molecule has 0 atom stereocenters. The van der Waals surface area contributed by atoms with E-state index in [1.54, 1.807) is 18.2 Å². The fourth-order valence-electron chi connectivity index (χ4n) is 2.49. The van der Waals surface area contributed by atoms with Gasteiger partial charge in [-0.15, -0.1) is 0 Å². The quantitative estimate of drug-likeness (QED) is 0.685. The van der Waals surface area contributed by atoms with Gasteiger partial charge in [-0.2, -0.15) is 4.98 Å². The summed E-state index contributed by atoms with van der Waals surface area (Å²) in [5, 5.41) is 13.1. The molecular weight excluding hydrogens is 310 g/mol. The van der Waals surface area contributed by atoms with E-state index in [0.717, 1.165) is 5.69 Å². The number of aromatic amines is 1. The highest BCUT2D eigenvalue weighted by Crippen LogP contribution is 2.36. The Labute approximate surface area is 136 Å². The Bertz CT molecular complexity index is 954. The summed E-state index contributed by atoms with van der Waals surface area (Å²) in [4.78, 5) is 19.0. The summed E-state index contributed by atoms with van der Waals surface area (Å²) in [6.45, 7) is 0.138. The van der Waals surface area contributed by atoms with E-state index in [4.69, 9.17) is 9.47 Å². The van der Waals surface area contributed by atoms with Crippen LogP contribution in [-0.4, -0.2) is 21.9 Å². The van der Waals surface area contributed by atoms with E-state index in [-0.39, 0.29) is 24.2 Å². The number of anilines is 2. The monoisotopic (exact) mass is 323 g/mol. The number of nitrogens with zero attached hydrogens (tertiary/aromatic N) is 1. The number of hydrogen-bond acceptors (Lipinski definition) is 6. The molecule has 7 heteroatoms. The third kappa shape index (κ3) is 2.52. The number of para-hydroxylation sites is 1. The van der Waals surface area contributed by atoms with Crippen molar-refractivity contribution >= 4 is 11.6 Å². The zero-order chi connectivity index (χ0) is 16.5. The van der Waals surface area contributed by atoms with Crippen LogP contribution in [0.2, 0.25) is 0 Å². The van der Waals surface area contributed by atoms with Gasteiger partial charge >= 0.3 is 0 Å². The van der Waals surface area contributed by atoms with Crippen LogP contribution in [0.1, 0.15) is 0 Å². The van der Waals surface area contributed by atoms with E-state index in [0.29, 0.717) is 17.1 Å². The van der Waals surface area contributed by atoms with Gasteiger partial charge in [-0.1, -0.05) is 24.3 Å². The van der Waals surface area contributed by atoms with E-state index in [9.17, 15) is 9.90 Å². The predicted octanol–water partition coefficient (Wildman–Crippen LogP) is 2.61. The van der Waals surface area contributed by atoms with Gasteiger partial charge in [0.15, 0.2) is 11.5 Å². The molecule has 0 fully saturated rings. The van der Waals surface area contributed by atoms with Crippen molar-refractivity contribution in [3.63, 3.8) is 0 Å². The molecule has 7 nitrogen and oxygen atoms in total. The lowest BCUT2D eigenvalue weighted by molar-refractivity contribution is 0.174. The molecule has 4 rings (SSSR count). The van der Waals surface area contributed by atoms with Crippen molar-refractivity contribution in [2.45, 2.75) is 0 Å². The first-order chi connectivity index (χ1) is 11.7. The fraction of sp³-hybridized carbons (Fsp3) is 0.0588. The first-order valence-corrected chi connectivity index (χ1v) is 7.26. The molecule has 24 heavy (non-hydrogen) atoms. The molecule has 0 spiro atoms. The lowest BCUT2D eigenvalue weighted by atomic mass is 10.1. The Kier molecular flexibility index (Phi) is 3.31. The maximum atomic E-state index is 12.4. The number of aromatic hydroxyl groups is 1. The summed E-state index contributed by atoms with van der Waals surface area (Å²) in [6.07, 6.45) is 0. The second-order valence-electron chi connectivity index (χ2n) is 5.17. The molecule has 0 bridgehead atoms. The van der Waals surface area contributed by atoms with Crippen LogP contribution in [-0.2, 0) is 0 Å². The molecule has 3 N–H and O–H groups in total. The average Bonchev–Trinajstić information content (AvgIpc) is 3.03. The van der Waals surface area contributed by atoms with Crippen LogP contribution in [0.3, 0.4) is 0 Å². The van der Waals surface area contributed by atoms with E-state index in [2.05, 4.69) is 15.3 Å². The van der Waals surface area contributed by atoms with Crippen molar-refractivity contribution < 1.29 is 14.6 Å². The minimum atomic E-state index is -0.459. The van der Waals surface area contributed by atoms with Gasteiger partial charge in [-0.05, 0) is 29.8 Å². The molecule has 3 aromatic rings. The molecule has 1 aromatic heterocycles. The van der Waals surface area contributed by atoms with Crippen LogP contribution < -0.4 is 20.3 Å². The Hall–Kier alpha value is -3.48.